The van der Waals surface area contributed by atoms with Gasteiger partial charge in [0.1, 0.15) is 22.4 Å². The molecule has 3 rings (SSSR count). The molecule has 8 heteroatoms. The molecular weight excluding hydrogens is 394 g/mol. The third-order valence-electron chi connectivity index (χ3n) is 3.48. The number of benzene rings is 1. The van der Waals surface area contributed by atoms with Crippen LogP contribution in [0.2, 0.25) is 5.02 Å². The molecule has 1 aliphatic heterocycles. The highest BCUT2D eigenvalue weighted by Crippen LogP contribution is 2.33. The molecule has 2 aromatic rings. The van der Waals surface area contributed by atoms with Crippen molar-refractivity contribution in [3.63, 3.8) is 0 Å². The largest absolute Gasteiger partial charge is 0.465 e. The van der Waals surface area contributed by atoms with E-state index in [0.29, 0.717) is 25.8 Å². The van der Waals surface area contributed by atoms with Crippen LogP contribution in [-0.2, 0) is 14.3 Å². The van der Waals surface area contributed by atoms with E-state index >= 15 is 0 Å². The maximum absolute atomic E-state index is 12.5. The van der Waals surface area contributed by atoms with E-state index in [1.165, 1.54) is 4.90 Å². The Morgan fingerprint density at radius 2 is 2.19 bits per heavy atom. The second-order valence-electron chi connectivity index (χ2n) is 5.29. The quantitative estimate of drug-likeness (QED) is 0.417. The Morgan fingerprint density at radius 3 is 2.92 bits per heavy atom. The van der Waals surface area contributed by atoms with Crippen LogP contribution in [0.4, 0.5) is 0 Å². The number of hydrogen-bond acceptors (Lipinski definition) is 6. The first kappa shape index (κ1) is 18.7. The number of esters is 1. The Balaban J connectivity index is 1.77. The first-order valence-electron chi connectivity index (χ1n) is 7.74. The lowest BCUT2D eigenvalue weighted by Crippen LogP contribution is -2.34. The number of carbonyl (C=O) groups excluding carboxylic acids is 2. The molecule has 0 saturated carbocycles. The number of thioether (sulfide) groups is 1. The number of nitrogens with zero attached hydrogens (tertiary/aromatic N) is 1. The molecule has 1 aliphatic rings. The first-order valence-corrected chi connectivity index (χ1v) is 9.35. The highest BCUT2D eigenvalue weighted by molar-refractivity contribution is 8.26. The number of ether oxygens (including phenoxy) is 1. The number of rotatable bonds is 5. The molecule has 1 amide bonds. The number of furan rings is 1. The van der Waals surface area contributed by atoms with Gasteiger partial charge < -0.3 is 9.15 Å². The van der Waals surface area contributed by atoms with Crippen molar-refractivity contribution >= 4 is 57.9 Å². The number of thiocarbonyl (C=S) groups is 1. The minimum atomic E-state index is -0.494. The van der Waals surface area contributed by atoms with Gasteiger partial charge in [0.2, 0.25) is 0 Å². The molecule has 0 spiro atoms. The summed E-state index contributed by atoms with van der Waals surface area (Å²) in [6.45, 7) is 1.76. The Hall–Kier alpha value is -2.09. The minimum absolute atomic E-state index is 0.193. The molecule has 0 aliphatic carbocycles. The smallest absolute Gasteiger partial charge is 0.326 e. The number of carbonyl (C=O) groups is 2. The molecule has 134 valence electrons. The highest BCUT2D eigenvalue weighted by atomic mass is 35.5. The van der Waals surface area contributed by atoms with Gasteiger partial charge >= 0.3 is 5.97 Å². The molecule has 2 heterocycles. The minimum Gasteiger partial charge on any atom is -0.465 e. The van der Waals surface area contributed by atoms with Crippen LogP contribution in [0.15, 0.2) is 45.7 Å². The van der Waals surface area contributed by atoms with Crippen LogP contribution in [0.25, 0.3) is 17.4 Å². The van der Waals surface area contributed by atoms with Crippen LogP contribution in [0.5, 0.6) is 0 Å². The molecule has 1 aromatic carbocycles. The van der Waals surface area contributed by atoms with Crippen molar-refractivity contribution in [2.24, 2.45) is 0 Å². The molecule has 0 N–H and O–H groups in total. The van der Waals surface area contributed by atoms with E-state index in [-0.39, 0.29) is 19.1 Å². The third kappa shape index (κ3) is 4.17. The number of halogens is 1. The van der Waals surface area contributed by atoms with Crippen LogP contribution >= 0.6 is 35.6 Å². The second-order valence-corrected chi connectivity index (χ2v) is 7.40. The summed E-state index contributed by atoms with van der Waals surface area (Å²) in [4.78, 5) is 25.7. The van der Waals surface area contributed by atoms with Crippen molar-refractivity contribution < 1.29 is 18.7 Å². The van der Waals surface area contributed by atoms with Crippen molar-refractivity contribution in [3.05, 3.63) is 52.1 Å². The summed E-state index contributed by atoms with van der Waals surface area (Å²) in [5.41, 5.74) is 0.840. The molecule has 5 nitrogen and oxygen atoms in total. The van der Waals surface area contributed by atoms with Gasteiger partial charge in [-0.25, -0.2) is 0 Å². The van der Waals surface area contributed by atoms with Crippen molar-refractivity contribution in [1.29, 1.82) is 0 Å². The van der Waals surface area contributed by atoms with E-state index in [1.807, 2.05) is 12.1 Å². The van der Waals surface area contributed by atoms with E-state index in [4.69, 9.17) is 33.0 Å². The zero-order valence-corrected chi connectivity index (χ0v) is 16.1. The standard InChI is InChI=1S/C18H14ClNO4S2/c1-2-23-16(21)10-20-17(22)15(26-18(20)25)9-13-6-7-14(24-13)11-4-3-5-12(19)8-11/h3-9H,2,10H2,1H3/b15-9-. The molecule has 0 unspecified atom stereocenters. The Labute approximate surface area is 164 Å². The molecule has 26 heavy (non-hydrogen) atoms. The van der Waals surface area contributed by atoms with Crippen LogP contribution in [0.1, 0.15) is 12.7 Å². The summed E-state index contributed by atoms with van der Waals surface area (Å²) >= 11 is 12.3. The van der Waals surface area contributed by atoms with Gasteiger partial charge in [-0.1, -0.05) is 47.7 Å². The van der Waals surface area contributed by atoms with Crippen LogP contribution < -0.4 is 0 Å². The topological polar surface area (TPSA) is 59.8 Å². The van der Waals surface area contributed by atoms with Crippen molar-refractivity contribution in [3.8, 4) is 11.3 Å². The maximum Gasteiger partial charge on any atom is 0.326 e. The van der Waals surface area contributed by atoms with Gasteiger partial charge in [0.25, 0.3) is 5.91 Å². The molecule has 1 aromatic heterocycles. The molecule has 1 saturated heterocycles. The van der Waals surface area contributed by atoms with Crippen LogP contribution in [-0.4, -0.2) is 34.2 Å². The Kier molecular flexibility index (Phi) is 5.80. The van der Waals surface area contributed by atoms with Gasteiger partial charge in [0.05, 0.1) is 11.5 Å². The lowest BCUT2D eigenvalue weighted by molar-refractivity contribution is -0.145. The number of amides is 1. The summed E-state index contributed by atoms with van der Waals surface area (Å²) in [5, 5.41) is 0.611. The molecule has 1 fully saturated rings. The fourth-order valence-corrected chi connectivity index (χ4v) is 3.75. The average Bonchev–Trinajstić information content (AvgIpc) is 3.16. The Bertz CT molecular complexity index is 906. The maximum atomic E-state index is 12.5. The SMILES string of the molecule is CCOC(=O)CN1C(=O)/C(=C/c2ccc(-c3cccc(Cl)c3)o2)SC1=S. The zero-order chi connectivity index (χ0) is 18.7. The fraction of sp³-hybridized carbons (Fsp3) is 0.167. The zero-order valence-electron chi connectivity index (χ0n) is 13.7. The van der Waals surface area contributed by atoms with Gasteiger partial charge in [0, 0.05) is 16.7 Å². The van der Waals surface area contributed by atoms with Crippen LogP contribution in [0, 0.1) is 0 Å². The van der Waals surface area contributed by atoms with Gasteiger partial charge in [-0.05, 0) is 31.2 Å². The lowest BCUT2D eigenvalue weighted by atomic mass is 10.2. The number of hydrogen-bond donors (Lipinski definition) is 0. The highest BCUT2D eigenvalue weighted by Gasteiger charge is 2.34. The molecule has 0 atom stereocenters. The summed E-state index contributed by atoms with van der Waals surface area (Å²) in [6.07, 6.45) is 1.61. The van der Waals surface area contributed by atoms with Gasteiger partial charge in [-0.15, -0.1) is 0 Å². The Morgan fingerprint density at radius 1 is 1.38 bits per heavy atom. The predicted molar refractivity (Wildman–Crippen MR) is 106 cm³/mol. The summed E-state index contributed by atoms with van der Waals surface area (Å²) in [5.74, 6) is 0.317. The summed E-state index contributed by atoms with van der Waals surface area (Å²) < 4.78 is 11.0. The fourth-order valence-electron chi connectivity index (χ4n) is 2.33. The normalized spacial score (nSPS) is 15.8. The lowest BCUT2D eigenvalue weighted by Gasteiger charge is -2.12. The first-order chi connectivity index (χ1) is 12.5. The van der Waals surface area contributed by atoms with Crippen molar-refractivity contribution in [1.82, 2.24) is 4.90 Å². The van der Waals surface area contributed by atoms with E-state index in [1.54, 1.807) is 37.3 Å². The predicted octanol–water partition coefficient (Wildman–Crippen LogP) is 4.36. The summed E-state index contributed by atoms with van der Waals surface area (Å²) in [6, 6.07) is 10.9. The van der Waals surface area contributed by atoms with E-state index < -0.39 is 5.97 Å². The van der Waals surface area contributed by atoms with Gasteiger partial charge in [-0.2, -0.15) is 0 Å². The van der Waals surface area contributed by atoms with Crippen molar-refractivity contribution in [2.45, 2.75) is 6.92 Å². The monoisotopic (exact) mass is 407 g/mol. The van der Waals surface area contributed by atoms with Gasteiger partial charge in [0.15, 0.2) is 0 Å². The van der Waals surface area contributed by atoms with Gasteiger partial charge in [-0.3, -0.25) is 14.5 Å². The van der Waals surface area contributed by atoms with E-state index in [2.05, 4.69) is 0 Å². The third-order valence-corrected chi connectivity index (χ3v) is 5.09. The molecular formula is C18H14ClNO4S2. The molecule has 0 radical (unpaired) electrons. The second kappa shape index (κ2) is 8.07. The molecule has 0 bridgehead atoms. The van der Waals surface area contributed by atoms with Crippen LogP contribution in [0.3, 0.4) is 0 Å². The van der Waals surface area contributed by atoms with E-state index in [0.717, 1.165) is 17.3 Å². The van der Waals surface area contributed by atoms with E-state index in [9.17, 15) is 9.59 Å². The average molecular weight is 408 g/mol. The van der Waals surface area contributed by atoms with Crippen molar-refractivity contribution in [2.75, 3.05) is 13.2 Å². The summed E-state index contributed by atoms with van der Waals surface area (Å²) in [7, 11) is 0.